The molecule has 4 heteroatoms. The van der Waals surface area contributed by atoms with Gasteiger partial charge in [-0.25, -0.2) is 0 Å². The van der Waals surface area contributed by atoms with Crippen LogP contribution < -0.4 is 0 Å². The Morgan fingerprint density at radius 1 is 1.13 bits per heavy atom. The second-order valence-corrected chi connectivity index (χ2v) is 4.37. The van der Waals surface area contributed by atoms with Gasteiger partial charge in [0.15, 0.2) is 0 Å². The molecule has 2 N–H and O–H groups in total. The van der Waals surface area contributed by atoms with Crippen LogP contribution in [0.25, 0.3) is 0 Å². The maximum atomic E-state index is 10.8. The second kappa shape index (κ2) is 5.73. The molecule has 1 aliphatic carbocycles. The SMILES string of the molecule is O=C(O)CC(CC1CCCCC1)C(=O)O. The Morgan fingerprint density at radius 3 is 2.20 bits per heavy atom. The van der Waals surface area contributed by atoms with Gasteiger partial charge in [0.2, 0.25) is 0 Å². The molecule has 1 fully saturated rings. The molecule has 0 aromatic carbocycles. The molecule has 0 bridgehead atoms. The molecule has 1 atom stereocenters. The molecule has 0 aromatic rings. The Balaban J connectivity index is 2.42. The average molecular weight is 214 g/mol. The van der Waals surface area contributed by atoms with Gasteiger partial charge >= 0.3 is 11.9 Å². The fraction of sp³-hybridized carbons (Fsp3) is 0.818. The van der Waals surface area contributed by atoms with Crippen LogP contribution in [0.1, 0.15) is 44.9 Å². The molecule has 0 saturated heterocycles. The van der Waals surface area contributed by atoms with Crippen LogP contribution in [0.4, 0.5) is 0 Å². The van der Waals surface area contributed by atoms with E-state index in [9.17, 15) is 9.59 Å². The largest absolute Gasteiger partial charge is 0.481 e. The summed E-state index contributed by atoms with van der Waals surface area (Å²) >= 11 is 0. The van der Waals surface area contributed by atoms with Crippen LogP contribution >= 0.6 is 0 Å². The molecule has 4 nitrogen and oxygen atoms in total. The maximum Gasteiger partial charge on any atom is 0.307 e. The Kier molecular flexibility index (Phi) is 4.59. The van der Waals surface area contributed by atoms with Crippen LogP contribution in [-0.2, 0) is 9.59 Å². The van der Waals surface area contributed by atoms with E-state index in [0.29, 0.717) is 12.3 Å². The zero-order valence-corrected chi connectivity index (χ0v) is 8.82. The number of rotatable bonds is 5. The van der Waals surface area contributed by atoms with Crippen molar-refractivity contribution < 1.29 is 19.8 Å². The molecule has 0 aromatic heterocycles. The predicted molar refractivity (Wildman–Crippen MR) is 54.6 cm³/mol. The number of carbonyl (C=O) groups is 2. The average Bonchev–Trinajstić information content (AvgIpc) is 2.17. The summed E-state index contributed by atoms with van der Waals surface area (Å²) < 4.78 is 0. The number of hydrogen-bond acceptors (Lipinski definition) is 2. The standard InChI is InChI=1S/C11H18O4/c12-10(13)7-9(11(14)15)6-8-4-2-1-3-5-8/h8-9H,1-7H2,(H,12,13)(H,14,15). The first kappa shape index (κ1) is 12.0. The van der Waals surface area contributed by atoms with Crippen molar-refractivity contribution in [2.24, 2.45) is 11.8 Å². The number of aliphatic carboxylic acids is 2. The van der Waals surface area contributed by atoms with E-state index in [0.717, 1.165) is 25.7 Å². The molecule has 86 valence electrons. The Morgan fingerprint density at radius 2 is 1.73 bits per heavy atom. The second-order valence-electron chi connectivity index (χ2n) is 4.37. The van der Waals surface area contributed by atoms with Gasteiger partial charge in [-0.2, -0.15) is 0 Å². The van der Waals surface area contributed by atoms with Crippen molar-refractivity contribution in [3.63, 3.8) is 0 Å². The zero-order valence-electron chi connectivity index (χ0n) is 8.82. The van der Waals surface area contributed by atoms with E-state index in [2.05, 4.69) is 0 Å². The van der Waals surface area contributed by atoms with E-state index in [4.69, 9.17) is 10.2 Å². The first-order chi connectivity index (χ1) is 7.09. The fourth-order valence-electron chi connectivity index (χ4n) is 2.31. The molecule has 1 saturated carbocycles. The van der Waals surface area contributed by atoms with E-state index in [-0.39, 0.29) is 6.42 Å². The van der Waals surface area contributed by atoms with Gasteiger partial charge in [-0.05, 0) is 12.3 Å². The number of hydrogen-bond donors (Lipinski definition) is 2. The molecule has 1 unspecified atom stereocenters. The Bertz CT molecular complexity index is 231. The summed E-state index contributed by atoms with van der Waals surface area (Å²) in [6.07, 6.45) is 5.95. The lowest BCUT2D eigenvalue weighted by atomic mass is 9.82. The minimum absolute atomic E-state index is 0.244. The van der Waals surface area contributed by atoms with Crippen molar-refractivity contribution >= 4 is 11.9 Å². The van der Waals surface area contributed by atoms with Crippen LogP contribution in [0, 0.1) is 11.8 Å². The maximum absolute atomic E-state index is 10.8. The van der Waals surface area contributed by atoms with Gasteiger partial charge in [0.25, 0.3) is 0 Å². The van der Waals surface area contributed by atoms with Crippen LogP contribution in [0.5, 0.6) is 0 Å². The molecule has 1 aliphatic rings. The minimum Gasteiger partial charge on any atom is -0.481 e. The lowest BCUT2D eigenvalue weighted by Crippen LogP contribution is -2.22. The third-order valence-corrected chi connectivity index (χ3v) is 3.11. The third-order valence-electron chi connectivity index (χ3n) is 3.11. The van der Waals surface area contributed by atoms with Crippen molar-refractivity contribution in [3.8, 4) is 0 Å². The van der Waals surface area contributed by atoms with Gasteiger partial charge in [0, 0.05) is 0 Å². The molecule has 15 heavy (non-hydrogen) atoms. The molecule has 0 amide bonds. The van der Waals surface area contributed by atoms with Crippen molar-refractivity contribution in [1.82, 2.24) is 0 Å². The predicted octanol–water partition coefficient (Wildman–Crippen LogP) is 2.13. The summed E-state index contributed by atoms with van der Waals surface area (Å²) in [7, 11) is 0. The number of carboxylic acid groups (broad SMARTS) is 2. The monoisotopic (exact) mass is 214 g/mol. The number of carboxylic acids is 2. The molecule has 0 spiro atoms. The van der Waals surface area contributed by atoms with E-state index >= 15 is 0 Å². The molecule has 0 heterocycles. The van der Waals surface area contributed by atoms with Gasteiger partial charge in [-0.1, -0.05) is 32.1 Å². The third kappa shape index (κ3) is 4.32. The molecule has 0 aliphatic heterocycles. The highest BCUT2D eigenvalue weighted by atomic mass is 16.4. The highest BCUT2D eigenvalue weighted by Gasteiger charge is 2.25. The summed E-state index contributed by atoms with van der Waals surface area (Å²) in [4.78, 5) is 21.3. The lowest BCUT2D eigenvalue weighted by molar-refractivity contribution is -0.149. The highest BCUT2D eigenvalue weighted by molar-refractivity contribution is 5.77. The van der Waals surface area contributed by atoms with Crippen molar-refractivity contribution in [2.75, 3.05) is 0 Å². The summed E-state index contributed by atoms with van der Waals surface area (Å²) in [6, 6.07) is 0. The Hall–Kier alpha value is -1.06. The van der Waals surface area contributed by atoms with Crippen LogP contribution in [0.15, 0.2) is 0 Å². The van der Waals surface area contributed by atoms with Gasteiger partial charge in [-0.3, -0.25) is 9.59 Å². The van der Waals surface area contributed by atoms with Gasteiger partial charge in [-0.15, -0.1) is 0 Å². The summed E-state index contributed by atoms with van der Waals surface area (Å²) in [6.45, 7) is 0. The van der Waals surface area contributed by atoms with Crippen molar-refractivity contribution in [1.29, 1.82) is 0 Å². The fourth-order valence-corrected chi connectivity index (χ4v) is 2.31. The van der Waals surface area contributed by atoms with Crippen LogP contribution in [0.3, 0.4) is 0 Å². The normalized spacial score (nSPS) is 19.7. The zero-order chi connectivity index (χ0) is 11.3. The van der Waals surface area contributed by atoms with Gasteiger partial charge in [0.05, 0.1) is 12.3 Å². The summed E-state index contributed by atoms with van der Waals surface area (Å²) in [5.41, 5.74) is 0. The van der Waals surface area contributed by atoms with Crippen LogP contribution in [-0.4, -0.2) is 22.2 Å². The molecular weight excluding hydrogens is 196 g/mol. The topological polar surface area (TPSA) is 74.6 Å². The van der Waals surface area contributed by atoms with Crippen LogP contribution in [0.2, 0.25) is 0 Å². The molecule has 0 radical (unpaired) electrons. The van der Waals surface area contributed by atoms with Gasteiger partial charge < -0.3 is 10.2 Å². The molecule has 1 rings (SSSR count). The van der Waals surface area contributed by atoms with Crippen molar-refractivity contribution in [3.05, 3.63) is 0 Å². The first-order valence-corrected chi connectivity index (χ1v) is 5.54. The summed E-state index contributed by atoms with van der Waals surface area (Å²) in [5.74, 6) is -2.27. The molecular formula is C11H18O4. The lowest BCUT2D eigenvalue weighted by Gasteiger charge is -2.23. The quantitative estimate of drug-likeness (QED) is 0.735. The Labute approximate surface area is 89.3 Å². The minimum atomic E-state index is -1.02. The van der Waals surface area contributed by atoms with E-state index in [1.807, 2.05) is 0 Å². The smallest absolute Gasteiger partial charge is 0.307 e. The summed E-state index contributed by atoms with van der Waals surface area (Å²) in [5, 5.41) is 17.5. The first-order valence-electron chi connectivity index (χ1n) is 5.54. The van der Waals surface area contributed by atoms with E-state index < -0.39 is 17.9 Å². The van der Waals surface area contributed by atoms with E-state index in [1.165, 1.54) is 6.42 Å². The van der Waals surface area contributed by atoms with Crippen molar-refractivity contribution in [2.45, 2.75) is 44.9 Å². The van der Waals surface area contributed by atoms with Gasteiger partial charge in [0.1, 0.15) is 0 Å². The highest BCUT2D eigenvalue weighted by Crippen LogP contribution is 2.30. The van der Waals surface area contributed by atoms with E-state index in [1.54, 1.807) is 0 Å².